The fraction of sp³-hybridized carbons (Fsp3) is 0.467. The van der Waals surface area contributed by atoms with Crippen molar-refractivity contribution >= 4 is 21.6 Å². The molecule has 4 nitrogen and oxygen atoms in total. The van der Waals surface area contributed by atoms with Crippen LogP contribution in [0.5, 0.6) is 0 Å². The molecule has 1 N–H and O–H groups in total. The minimum atomic E-state index is -3.57. The van der Waals surface area contributed by atoms with Gasteiger partial charge in [-0.1, -0.05) is 17.5 Å². The SMILES string of the molecule is C#CCN(CC1CC1)S(=O)(=O)c1ccc(Cl)c(CNC)c1. The highest BCUT2D eigenvalue weighted by Gasteiger charge is 2.31. The van der Waals surface area contributed by atoms with Crippen LogP contribution in [-0.2, 0) is 16.6 Å². The molecule has 1 aliphatic carbocycles. The van der Waals surface area contributed by atoms with Gasteiger partial charge in [-0.25, -0.2) is 8.42 Å². The van der Waals surface area contributed by atoms with E-state index in [-0.39, 0.29) is 11.4 Å². The van der Waals surface area contributed by atoms with Crippen LogP contribution in [0.4, 0.5) is 0 Å². The highest BCUT2D eigenvalue weighted by atomic mass is 35.5. The molecule has 0 bridgehead atoms. The summed E-state index contributed by atoms with van der Waals surface area (Å²) in [5, 5.41) is 3.52. The lowest BCUT2D eigenvalue weighted by atomic mass is 10.2. The number of hydrogen-bond donors (Lipinski definition) is 1. The maximum atomic E-state index is 12.7. The zero-order valence-electron chi connectivity index (χ0n) is 12.0. The molecule has 114 valence electrons. The third kappa shape index (κ3) is 3.98. The molecule has 0 atom stereocenters. The predicted molar refractivity (Wildman–Crippen MR) is 84.5 cm³/mol. The Morgan fingerprint density at radius 3 is 2.76 bits per heavy atom. The largest absolute Gasteiger partial charge is 0.316 e. The Balaban J connectivity index is 2.32. The lowest BCUT2D eigenvalue weighted by Crippen LogP contribution is -2.33. The Hall–Kier alpha value is -1.06. The zero-order valence-corrected chi connectivity index (χ0v) is 13.5. The van der Waals surface area contributed by atoms with E-state index in [0.29, 0.717) is 24.0 Å². The molecule has 6 heteroatoms. The van der Waals surface area contributed by atoms with Crippen LogP contribution in [0.15, 0.2) is 23.1 Å². The van der Waals surface area contributed by atoms with E-state index in [0.717, 1.165) is 18.4 Å². The second-order valence-electron chi connectivity index (χ2n) is 5.23. The third-order valence-corrected chi connectivity index (χ3v) is 5.62. The molecule has 0 radical (unpaired) electrons. The normalized spacial score (nSPS) is 15.1. The van der Waals surface area contributed by atoms with Crippen LogP contribution in [-0.4, -0.2) is 32.9 Å². The first-order chi connectivity index (χ1) is 9.98. The van der Waals surface area contributed by atoms with E-state index in [1.54, 1.807) is 19.2 Å². The van der Waals surface area contributed by atoms with Crippen LogP contribution in [0.2, 0.25) is 5.02 Å². The zero-order chi connectivity index (χ0) is 15.5. The molecule has 1 fully saturated rings. The predicted octanol–water partition coefficient (Wildman–Crippen LogP) is 2.09. The lowest BCUT2D eigenvalue weighted by Gasteiger charge is -2.20. The lowest BCUT2D eigenvalue weighted by molar-refractivity contribution is 0.430. The minimum Gasteiger partial charge on any atom is -0.316 e. The number of nitrogens with zero attached hydrogens (tertiary/aromatic N) is 1. The average Bonchev–Trinajstić information content (AvgIpc) is 3.25. The van der Waals surface area contributed by atoms with Crippen LogP contribution in [0, 0.1) is 18.3 Å². The van der Waals surface area contributed by atoms with Crippen molar-refractivity contribution in [3.8, 4) is 12.3 Å². The number of nitrogens with one attached hydrogen (secondary N) is 1. The fourth-order valence-electron chi connectivity index (χ4n) is 2.12. The number of sulfonamides is 1. The Kier molecular flexibility index (Phi) is 5.28. The summed E-state index contributed by atoms with van der Waals surface area (Å²) in [5.41, 5.74) is 0.757. The number of halogens is 1. The van der Waals surface area contributed by atoms with Gasteiger partial charge in [-0.3, -0.25) is 0 Å². The first kappa shape index (κ1) is 16.3. The van der Waals surface area contributed by atoms with Crippen LogP contribution in [0.1, 0.15) is 18.4 Å². The van der Waals surface area contributed by atoms with E-state index in [1.165, 1.54) is 10.4 Å². The second kappa shape index (κ2) is 6.80. The maximum absolute atomic E-state index is 12.7. The van der Waals surface area contributed by atoms with Gasteiger partial charge < -0.3 is 5.32 Å². The minimum absolute atomic E-state index is 0.100. The summed E-state index contributed by atoms with van der Waals surface area (Å²) in [6.45, 7) is 1.11. The van der Waals surface area contributed by atoms with Gasteiger partial charge in [-0.05, 0) is 49.6 Å². The van der Waals surface area contributed by atoms with Crippen molar-refractivity contribution in [1.82, 2.24) is 9.62 Å². The molecule has 21 heavy (non-hydrogen) atoms. The van der Waals surface area contributed by atoms with Gasteiger partial charge in [0, 0.05) is 18.1 Å². The smallest absolute Gasteiger partial charge is 0.243 e. The van der Waals surface area contributed by atoms with Gasteiger partial charge in [-0.15, -0.1) is 6.42 Å². The van der Waals surface area contributed by atoms with E-state index in [9.17, 15) is 8.42 Å². The van der Waals surface area contributed by atoms with Crippen molar-refractivity contribution < 1.29 is 8.42 Å². The van der Waals surface area contributed by atoms with Gasteiger partial charge >= 0.3 is 0 Å². The average molecular weight is 327 g/mol. The van der Waals surface area contributed by atoms with Gasteiger partial charge in [0.1, 0.15) is 0 Å². The Morgan fingerprint density at radius 1 is 1.48 bits per heavy atom. The number of hydrogen-bond acceptors (Lipinski definition) is 3. The molecular weight excluding hydrogens is 308 g/mol. The molecule has 0 unspecified atom stereocenters. The van der Waals surface area contributed by atoms with Gasteiger partial charge in [0.2, 0.25) is 10.0 Å². The molecule has 0 heterocycles. The molecule has 0 aromatic heterocycles. The third-order valence-electron chi connectivity index (χ3n) is 3.45. The standard InChI is InChI=1S/C15H19ClN2O2S/c1-3-8-18(11-12-4-5-12)21(19,20)14-6-7-15(16)13(9-14)10-17-2/h1,6-7,9,12,17H,4-5,8,10-11H2,2H3. The van der Waals surface area contributed by atoms with Gasteiger partial charge in [0.05, 0.1) is 11.4 Å². The molecule has 0 saturated heterocycles. The van der Waals surface area contributed by atoms with Crippen molar-refractivity contribution in [2.24, 2.45) is 5.92 Å². The maximum Gasteiger partial charge on any atom is 0.243 e. The van der Waals surface area contributed by atoms with Crippen molar-refractivity contribution in [2.75, 3.05) is 20.1 Å². The van der Waals surface area contributed by atoms with Crippen LogP contribution in [0.3, 0.4) is 0 Å². The van der Waals surface area contributed by atoms with Crippen LogP contribution < -0.4 is 5.32 Å². The first-order valence-corrected chi connectivity index (χ1v) is 8.67. The second-order valence-corrected chi connectivity index (χ2v) is 7.57. The fourth-order valence-corrected chi connectivity index (χ4v) is 3.79. The Bertz CT molecular complexity index is 648. The number of terminal acetylenes is 1. The Labute approximate surface area is 131 Å². The molecule has 1 aromatic carbocycles. The van der Waals surface area contributed by atoms with Crippen molar-refractivity contribution in [1.29, 1.82) is 0 Å². The van der Waals surface area contributed by atoms with E-state index in [4.69, 9.17) is 18.0 Å². The molecule has 0 spiro atoms. The summed E-state index contributed by atoms with van der Waals surface area (Å²) in [4.78, 5) is 0.244. The van der Waals surface area contributed by atoms with E-state index in [2.05, 4.69) is 11.2 Å². The van der Waals surface area contributed by atoms with Crippen molar-refractivity contribution in [2.45, 2.75) is 24.3 Å². The van der Waals surface area contributed by atoms with E-state index >= 15 is 0 Å². The molecule has 1 aromatic rings. The molecule has 1 aliphatic rings. The quantitative estimate of drug-likeness (QED) is 0.781. The van der Waals surface area contributed by atoms with Crippen LogP contribution in [0.25, 0.3) is 0 Å². The first-order valence-electron chi connectivity index (χ1n) is 6.85. The summed E-state index contributed by atoms with van der Waals surface area (Å²) in [6, 6.07) is 4.77. The molecule has 0 aliphatic heterocycles. The number of rotatable bonds is 7. The van der Waals surface area contributed by atoms with E-state index < -0.39 is 10.0 Å². The molecular formula is C15H19ClN2O2S. The summed E-state index contributed by atoms with van der Waals surface area (Å²) in [7, 11) is -1.78. The van der Waals surface area contributed by atoms with Crippen molar-refractivity contribution in [3.63, 3.8) is 0 Å². The number of benzene rings is 1. The topological polar surface area (TPSA) is 49.4 Å². The summed E-state index contributed by atoms with van der Waals surface area (Å²) in [5.74, 6) is 2.88. The van der Waals surface area contributed by atoms with Crippen LogP contribution >= 0.6 is 11.6 Å². The molecule has 1 saturated carbocycles. The highest BCUT2D eigenvalue weighted by molar-refractivity contribution is 7.89. The summed E-state index contributed by atoms with van der Waals surface area (Å²) < 4.78 is 26.8. The highest BCUT2D eigenvalue weighted by Crippen LogP contribution is 2.32. The van der Waals surface area contributed by atoms with Gasteiger partial charge in [0.15, 0.2) is 0 Å². The van der Waals surface area contributed by atoms with E-state index in [1.807, 2.05) is 0 Å². The van der Waals surface area contributed by atoms with Gasteiger partial charge in [0.25, 0.3) is 0 Å². The molecule has 0 amide bonds. The summed E-state index contributed by atoms with van der Waals surface area (Å²) in [6.07, 6.45) is 7.46. The monoisotopic (exact) mass is 326 g/mol. The Morgan fingerprint density at radius 2 is 2.19 bits per heavy atom. The molecule has 2 rings (SSSR count). The van der Waals surface area contributed by atoms with Gasteiger partial charge in [-0.2, -0.15) is 4.31 Å². The van der Waals surface area contributed by atoms with Crippen molar-refractivity contribution in [3.05, 3.63) is 28.8 Å². The summed E-state index contributed by atoms with van der Waals surface area (Å²) >= 11 is 6.08.